The molecule has 104 valence electrons. The number of rotatable bonds is 2. The number of benzene rings is 2. The minimum absolute atomic E-state index is 0.279. The van der Waals surface area contributed by atoms with E-state index in [0.29, 0.717) is 0 Å². The maximum atomic E-state index is 5.37. The number of fused-ring (bicyclic) bond motifs is 2. The molecule has 0 saturated heterocycles. The molecule has 5 heteroatoms. The summed E-state index contributed by atoms with van der Waals surface area (Å²) in [5.41, 5.74) is 2.89. The molecule has 3 aromatic rings. The smallest absolute Gasteiger partial charge is 0.231 e. The predicted octanol–water partition coefficient (Wildman–Crippen LogP) is 2.96. The molecule has 1 aromatic heterocycles. The highest BCUT2D eigenvalue weighted by molar-refractivity contribution is 5.82. The van der Waals surface area contributed by atoms with Crippen molar-refractivity contribution in [3.8, 4) is 11.5 Å². The Bertz CT molecular complexity index is 852. The summed E-state index contributed by atoms with van der Waals surface area (Å²) in [6, 6.07) is 13.7. The molecule has 0 spiro atoms. The van der Waals surface area contributed by atoms with Gasteiger partial charge in [0.15, 0.2) is 11.5 Å². The van der Waals surface area contributed by atoms with Crippen LogP contribution >= 0.6 is 0 Å². The second kappa shape index (κ2) is 4.63. The topological polar surface area (TPSA) is 48.6 Å². The zero-order valence-electron chi connectivity index (χ0n) is 11.5. The Morgan fingerprint density at radius 3 is 2.95 bits per heavy atom. The number of para-hydroxylation sites is 2. The maximum absolute atomic E-state index is 5.37. The van der Waals surface area contributed by atoms with Crippen LogP contribution in [0.15, 0.2) is 47.6 Å². The van der Waals surface area contributed by atoms with E-state index in [0.717, 1.165) is 33.9 Å². The highest BCUT2D eigenvalue weighted by Crippen LogP contribution is 2.32. The summed E-state index contributed by atoms with van der Waals surface area (Å²) in [5.74, 6) is 2.38. The lowest BCUT2D eigenvalue weighted by molar-refractivity contribution is 0.174. The second-order valence-corrected chi connectivity index (χ2v) is 4.82. The third-order valence-corrected chi connectivity index (χ3v) is 3.42. The first-order valence-corrected chi connectivity index (χ1v) is 6.69. The third-order valence-electron chi connectivity index (χ3n) is 3.42. The zero-order chi connectivity index (χ0) is 14.2. The van der Waals surface area contributed by atoms with E-state index in [1.54, 1.807) is 6.21 Å². The molecule has 0 atom stereocenters. The van der Waals surface area contributed by atoms with Crippen molar-refractivity contribution in [3.05, 3.63) is 53.9 Å². The molecule has 0 bridgehead atoms. The van der Waals surface area contributed by atoms with Crippen LogP contribution in [0.25, 0.3) is 11.0 Å². The first kappa shape index (κ1) is 12.0. The summed E-state index contributed by atoms with van der Waals surface area (Å²) in [4.78, 5) is 4.49. The highest BCUT2D eigenvalue weighted by Gasteiger charge is 2.12. The SMILES string of the molecule is Cc1nc2ccccc2n1N=Cc1ccc2c(c1)OCO2. The monoisotopic (exact) mass is 279 g/mol. The quantitative estimate of drug-likeness (QED) is 0.678. The van der Waals surface area contributed by atoms with Gasteiger partial charge in [-0.1, -0.05) is 12.1 Å². The highest BCUT2D eigenvalue weighted by atomic mass is 16.7. The van der Waals surface area contributed by atoms with Gasteiger partial charge >= 0.3 is 0 Å². The van der Waals surface area contributed by atoms with Gasteiger partial charge in [-0.15, -0.1) is 0 Å². The third kappa shape index (κ3) is 2.03. The molecule has 1 aliphatic rings. The fourth-order valence-electron chi connectivity index (χ4n) is 2.40. The van der Waals surface area contributed by atoms with Gasteiger partial charge in [-0.25, -0.2) is 9.66 Å². The van der Waals surface area contributed by atoms with Crippen LogP contribution < -0.4 is 9.47 Å². The zero-order valence-corrected chi connectivity index (χ0v) is 11.5. The van der Waals surface area contributed by atoms with Crippen LogP contribution in [-0.4, -0.2) is 22.7 Å². The van der Waals surface area contributed by atoms with Gasteiger partial charge in [0.25, 0.3) is 0 Å². The van der Waals surface area contributed by atoms with Crippen molar-refractivity contribution in [1.29, 1.82) is 0 Å². The van der Waals surface area contributed by atoms with Crippen molar-refractivity contribution >= 4 is 17.2 Å². The summed E-state index contributed by atoms with van der Waals surface area (Å²) in [5, 5.41) is 4.52. The lowest BCUT2D eigenvalue weighted by atomic mass is 10.2. The first-order chi connectivity index (χ1) is 10.3. The molecule has 2 heterocycles. The fraction of sp³-hybridized carbons (Fsp3) is 0.125. The molecular weight excluding hydrogens is 266 g/mol. The fourth-order valence-corrected chi connectivity index (χ4v) is 2.40. The normalized spacial score (nSPS) is 13.4. The number of hydrogen-bond donors (Lipinski definition) is 0. The largest absolute Gasteiger partial charge is 0.454 e. The van der Waals surface area contributed by atoms with Crippen LogP contribution in [-0.2, 0) is 0 Å². The van der Waals surface area contributed by atoms with E-state index in [-0.39, 0.29) is 6.79 Å². The Balaban J connectivity index is 1.72. The number of hydrogen-bond acceptors (Lipinski definition) is 4. The van der Waals surface area contributed by atoms with Gasteiger partial charge in [0.2, 0.25) is 6.79 Å². The molecule has 21 heavy (non-hydrogen) atoms. The van der Waals surface area contributed by atoms with Crippen LogP contribution in [0.4, 0.5) is 0 Å². The summed E-state index contributed by atoms with van der Waals surface area (Å²) < 4.78 is 12.5. The van der Waals surface area contributed by atoms with Gasteiger partial charge in [-0.3, -0.25) is 0 Å². The van der Waals surface area contributed by atoms with Gasteiger partial charge in [0, 0.05) is 0 Å². The minimum atomic E-state index is 0.279. The molecule has 0 radical (unpaired) electrons. The molecule has 0 saturated carbocycles. The van der Waals surface area contributed by atoms with Gasteiger partial charge in [0.1, 0.15) is 5.82 Å². The molecule has 0 amide bonds. The molecular formula is C16H13N3O2. The van der Waals surface area contributed by atoms with Crippen LogP contribution in [0.2, 0.25) is 0 Å². The average Bonchev–Trinajstić information content (AvgIpc) is 3.08. The minimum Gasteiger partial charge on any atom is -0.454 e. The molecule has 0 unspecified atom stereocenters. The number of nitrogens with zero attached hydrogens (tertiary/aromatic N) is 3. The second-order valence-electron chi connectivity index (χ2n) is 4.82. The molecule has 1 aliphatic heterocycles. The Kier molecular flexibility index (Phi) is 2.64. The Morgan fingerprint density at radius 2 is 2.00 bits per heavy atom. The molecule has 0 fully saturated rings. The Labute approximate surface area is 121 Å². The summed E-state index contributed by atoms with van der Waals surface area (Å²) in [7, 11) is 0. The predicted molar refractivity (Wildman–Crippen MR) is 80.0 cm³/mol. The number of aromatic nitrogens is 2. The van der Waals surface area contributed by atoms with Crippen LogP contribution in [0.5, 0.6) is 11.5 Å². The first-order valence-electron chi connectivity index (χ1n) is 6.69. The van der Waals surface area contributed by atoms with Crippen LogP contribution in [0.1, 0.15) is 11.4 Å². The van der Waals surface area contributed by atoms with Gasteiger partial charge in [-0.05, 0) is 42.8 Å². The molecule has 0 aliphatic carbocycles. The standard InChI is InChI=1S/C16H13N3O2/c1-11-18-13-4-2-3-5-14(13)19(11)17-9-12-6-7-15-16(8-12)21-10-20-15/h2-9H,10H2,1H3. The van der Waals surface area contributed by atoms with Crippen molar-refractivity contribution in [2.24, 2.45) is 5.10 Å². The molecule has 2 aromatic carbocycles. The maximum Gasteiger partial charge on any atom is 0.231 e. The van der Waals surface area contributed by atoms with Gasteiger partial charge in [0.05, 0.1) is 17.2 Å². The van der Waals surface area contributed by atoms with Crippen molar-refractivity contribution in [2.75, 3.05) is 6.79 Å². The van der Waals surface area contributed by atoms with Crippen molar-refractivity contribution in [1.82, 2.24) is 9.66 Å². The van der Waals surface area contributed by atoms with Crippen LogP contribution in [0.3, 0.4) is 0 Å². The summed E-state index contributed by atoms with van der Waals surface area (Å²) in [6.07, 6.45) is 1.79. The van der Waals surface area contributed by atoms with E-state index in [9.17, 15) is 0 Å². The van der Waals surface area contributed by atoms with Gasteiger partial charge in [-0.2, -0.15) is 5.10 Å². The lowest BCUT2D eigenvalue weighted by Crippen LogP contribution is -1.94. The van der Waals surface area contributed by atoms with E-state index in [1.165, 1.54) is 0 Å². The van der Waals surface area contributed by atoms with E-state index in [1.807, 2.05) is 54.1 Å². The summed E-state index contributed by atoms with van der Waals surface area (Å²) in [6.45, 7) is 2.22. The Hall–Kier alpha value is -2.82. The summed E-state index contributed by atoms with van der Waals surface area (Å²) >= 11 is 0. The van der Waals surface area contributed by atoms with E-state index in [4.69, 9.17) is 9.47 Å². The molecule has 4 rings (SSSR count). The van der Waals surface area contributed by atoms with E-state index < -0.39 is 0 Å². The number of aryl methyl sites for hydroxylation is 1. The Morgan fingerprint density at radius 1 is 1.14 bits per heavy atom. The van der Waals surface area contributed by atoms with Crippen molar-refractivity contribution in [2.45, 2.75) is 6.92 Å². The molecule has 0 N–H and O–H groups in total. The van der Waals surface area contributed by atoms with Crippen molar-refractivity contribution < 1.29 is 9.47 Å². The number of ether oxygens (including phenoxy) is 2. The van der Waals surface area contributed by atoms with Crippen LogP contribution in [0, 0.1) is 6.92 Å². The average molecular weight is 279 g/mol. The molecule has 5 nitrogen and oxygen atoms in total. The van der Waals surface area contributed by atoms with E-state index >= 15 is 0 Å². The number of imidazole rings is 1. The lowest BCUT2D eigenvalue weighted by Gasteiger charge is -2.00. The van der Waals surface area contributed by atoms with Crippen molar-refractivity contribution in [3.63, 3.8) is 0 Å². The van der Waals surface area contributed by atoms with Gasteiger partial charge < -0.3 is 9.47 Å². The van der Waals surface area contributed by atoms with E-state index in [2.05, 4.69) is 10.1 Å².